The van der Waals surface area contributed by atoms with Gasteiger partial charge in [0.1, 0.15) is 18.1 Å². The molecule has 0 spiro atoms. The summed E-state index contributed by atoms with van der Waals surface area (Å²) in [5, 5.41) is 25.8. The fourth-order valence-electron chi connectivity index (χ4n) is 1.91. The second-order valence-corrected chi connectivity index (χ2v) is 6.74. The topological polar surface area (TPSA) is 206 Å². The van der Waals surface area contributed by atoms with Crippen molar-refractivity contribution in [1.29, 1.82) is 0 Å². The van der Waals surface area contributed by atoms with Gasteiger partial charge in [0.2, 0.25) is 0 Å². The molecule has 10 N–H and O–H groups in total. The maximum Gasteiger partial charge on any atom is 0.320 e. The van der Waals surface area contributed by atoms with Crippen molar-refractivity contribution in [2.75, 3.05) is 0 Å². The molecule has 162 valence electrons. The first-order valence-corrected chi connectivity index (χ1v) is 8.88. The number of fused-ring (bicyclic) bond motifs is 1. The Morgan fingerprint density at radius 2 is 1.45 bits per heavy atom. The summed E-state index contributed by atoms with van der Waals surface area (Å²) in [5.41, 5.74) is 17.4. The molecule has 2 aromatic rings. The molecule has 1 heterocycles. The van der Waals surface area contributed by atoms with Gasteiger partial charge in [0.25, 0.3) is 0 Å². The number of carboxylic acids is 3. The minimum atomic E-state index is -0.972. The van der Waals surface area contributed by atoms with E-state index in [9.17, 15) is 14.4 Å². The lowest BCUT2D eigenvalue weighted by atomic mass is 10.1. The molecule has 10 nitrogen and oxygen atoms in total. The Bertz CT molecular complexity index is 803. The summed E-state index contributed by atoms with van der Waals surface area (Å²) < 4.78 is 0. The molecule has 0 aliphatic heterocycles. The van der Waals surface area contributed by atoms with Gasteiger partial charge < -0.3 is 37.5 Å². The van der Waals surface area contributed by atoms with Crippen LogP contribution in [0.3, 0.4) is 0 Å². The Hall–Kier alpha value is -2.95. The molecule has 0 aliphatic carbocycles. The largest absolute Gasteiger partial charge is 0.480 e. The average molecular weight is 410 g/mol. The summed E-state index contributed by atoms with van der Waals surface area (Å²) in [7, 11) is 0. The van der Waals surface area contributed by atoms with Gasteiger partial charge in [0.15, 0.2) is 0 Å². The number of aromatic nitrogens is 1. The standard InChI is InChI=1S/C11H12N2O2.C5H11NO2.C3H7NO2/c12-9(11(14)15)5-7-6-13-10-4-2-1-3-8(7)10;1-3(2)4(6)5(7)8;1-2(4)3(5)6/h1-4,6,9,13H,5,12H2,(H,14,15);3-4H,6H2,1-2H3,(H,7,8);2H,4H2,1H3,(H,5,6)/t9-;4-;2-/m000/s1. The van der Waals surface area contributed by atoms with Crippen LogP contribution in [0.15, 0.2) is 30.5 Å². The summed E-state index contributed by atoms with van der Waals surface area (Å²) in [6, 6.07) is 5.47. The summed E-state index contributed by atoms with van der Waals surface area (Å²) >= 11 is 0. The van der Waals surface area contributed by atoms with E-state index in [4.69, 9.17) is 32.5 Å². The predicted molar refractivity (Wildman–Crippen MR) is 109 cm³/mol. The molecule has 1 aromatic carbocycles. The van der Waals surface area contributed by atoms with E-state index in [1.165, 1.54) is 6.92 Å². The van der Waals surface area contributed by atoms with Crippen LogP contribution < -0.4 is 17.2 Å². The Labute approximate surface area is 168 Å². The molecular weight excluding hydrogens is 380 g/mol. The monoisotopic (exact) mass is 410 g/mol. The van der Waals surface area contributed by atoms with Gasteiger partial charge in [-0.15, -0.1) is 0 Å². The Kier molecular flexibility index (Phi) is 11.2. The lowest BCUT2D eigenvalue weighted by molar-refractivity contribution is -0.140. The highest BCUT2D eigenvalue weighted by molar-refractivity contribution is 5.84. The normalized spacial score (nSPS) is 13.3. The van der Waals surface area contributed by atoms with Gasteiger partial charge in [0.05, 0.1) is 0 Å². The molecule has 0 bridgehead atoms. The second kappa shape index (κ2) is 12.5. The van der Waals surface area contributed by atoms with Crippen LogP contribution in [-0.4, -0.2) is 56.3 Å². The number of hydrogen-bond acceptors (Lipinski definition) is 6. The molecule has 1 aromatic heterocycles. The number of aliphatic carboxylic acids is 3. The number of benzene rings is 1. The lowest BCUT2D eigenvalue weighted by Crippen LogP contribution is -2.34. The molecule has 0 saturated carbocycles. The summed E-state index contributed by atoms with van der Waals surface area (Å²) in [6.45, 7) is 4.97. The zero-order valence-corrected chi connectivity index (χ0v) is 16.7. The van der Waals surface area contributed by atoms with E-state index in [2.05, 4.69) is 4.98 Å². The molecule has 0 radical (unpaired) electrons. The van der Waals surface area contributed by atoms with Gasteiger partial charge >= 0.3 is 17.9 Å². The van der Waals surface area contributed by atoms with E-state index in [1.807, 2.05) is 30.5 Å². The number of para-hydroxylation sites is 1. The molecule has 0 aliphatic rings. The van der Waals surface area contributed by atoms with Crippen molar-refractivity contribution < 1.29 is 29.7 Å². The van der Waals surface area contributed by atoms with Crippen molar-refractivity contribution in [3.8, 4) is 0 Å². The van der Waals surface area contributed by atoms with E-state index < -0.39 is 36.0 Å². The molecule has 0 saturated heterocycles. The third kappa shape index (κ3) is 9.70. The quantitative estimate of drug-likeness (QED) is 0.355. The molecular formula is C19H30N4O6. The zero-order valence-electron chi connectivity index (χ0n) is 16.7. The van der Waals surface area contributed by atoms with Crippen molar-refractivity contribution in [3.63, 3.8) is 0 Å². The van der Waals surface area contributed by atoms with E-state index >= 15 is 0 Å². The van der Waals surface area contributed by atoms with E-state index in [0.29, 0.717) is 6.42 Å². The summed E-state index contributed by atoms with van der Waals surface area (Å²) in [6.07, 6.45) is 2.16. The first-order chi connectivity index (χ1) is 13.4. The number of carboxylic acid groups (broad SMARTS) is 3. The van der Waals surface area contributed by atoms with E-state index in [0.717, 1.165) is 16.5 Å². The minimum Gasteiger partial charge on any atom is -0.480 e. The van der Waals surface area contributed by atoms with Crippen LogP contribution in [0.2, 0.25) is 0 Å². The zero-order chi connectivity index (χ0) is 22.7. The third-order valence-electron chi connectivity index (χ3n) is 3.82. The fourth-order valence-corrected chi connectivity index (χ4v) is 1.91. The fraction of sp³-hybridized carbons (Fsp3) is 0.421. The minimum absolute atomic E-state index is 0.0208. The van der Waals surface area contributed by atoms with Crippen LogP contribution >= 0.6 is 0 Å². The number of nitrogens with one attached hydrogen (secondary N) is 1. The Balaban J connectivity index is 0.000000474. The number of hydrogen-bond donors (Lipinski definition) is 7. The van der Waals surface area contributed by atoms with Gasteiger partial charge in [0, 0.05) is 23.5 Å². The van der Waals surface area contributed by atoms with Crippen LogP contribution in [0.25, 0.3) is 10.9 Å². The number of rotatable bonds is 6. The highest BCUT2D eigenvalue weighted by Gasteiger charge is 2.15. The molecule has 10 heteroatoms. The number of carbonyl (C=O) groups is 3. The highest BCUT2D eigenvalue weighted by atomic mass is 16.4. The maximum absolute atomic E-state index is 10.6. The van der Waals surface area contributed by atoms with Gasteiger partial charge in [-0.2, -0.15) is 0 Å². The van der Waals surface area contributed by atoms with Crippen molar-refractivity contribution >= 4 is 28.8 Å². The van der Waals surface area contributed by atoms with Crippen LogP contribution in [0.1, 0.15) is 26.3 Å². The number of H-pyrrole nitrogens is 1. The van der Waals surface area contributed by atoms with Crippen molar-refractivity contribution in [1.82, 2.24) is 4.98 Å². The maximum atomic E-state index is 10.6. The molecule has 29 heavy (non-hydrogen) atoms. The molecule has 0 amide bonds. The van der Waals surface area contributed by atoms with Crippen LogP contribution in [0.4, 0.5) is 0 Å². The summed E-state index contributed by atoms with van der Waals surface area (Å²) in [5.74, 6) is -2.84. The first kappa shape index (κ1) is 26.1. The first-order valence-electron chi connectivity index (χ1n) is 8.88. The SMILES string of the molecule is CC(C)[C@H](N)C(=O)O.C[C@H](N)C(=O)O.N[C@@H](Cc1c[nH]c2ccccc12)C(=O)O. The number of aromatic amines is 1. The van der Waals surface area contributed by atoms with Crippen LogP contribution in [0, 0.1) is 5.92 Å². The number of nitrogens with two attached hydrogens (primary N) is 3. The molecule has 2 rings (SSSR count). The van der Waals surface area contributed by atoms with Crippen molar-refractivity contribution in [3.05, 3.63) is 36.0 Å². The summed E-state index contributed by atoms with van der Waals surface area (Å²) in [4.78, 5) is 33.3. The van der Waals surface area contributed by atoms with E-state index in [1.54, 1.807) is 13.8 Å². The Morgan fingerprint density at radius 1 is 0.931 bits per heavy atom. The Morgan fingerprint density at radius 3 is 1.83 bits per heavy atom. The van der Waals surface area contributed by atoms with Gasteiger partial charge in [-0.05, 0) is 24.5 Å². The third-order valence-corrected chi connectivity index (χ3v) is 3.82. The van der Waals surface area contributed by atoms with Crippen molar-refractivity contribution in [2.45, 2.75) is 45.3 Å². The average Bonchev–Trinajstić information content (AvgIpc) is 3.04. The van der Waals surface area contributed by atoms with E-state index in [-0.39, 0.29) is 5.92 Å². The molecule has 0 unspecified atom stereocenters. The predicted octanol–water partition coefficient (Wildman–Crippen LogP) is 0.595. The van der Waals surface area contributed by atoms with Crippen molar-refractivity contribution in [2.24, 2.45) is 23.1 Å². The van der Waals surface area contributed by atoms with Gasteiger partial charge in [-0.25, -0.2) is 0 Å². The lowest BCUT2D eigenvalue weighted by Gasteiger charge is -2.07. The smallest absolute Gasteiger partial charge is 0.320 e. The van der Waals surface area contributed by atoms with Crippen LogP contribution in [-0.2, 0) is 20.8 Å². The van der Waals surface area contributed by atoms with Gasteiger partial charge in [-0.1, -0.05) is 32.0 Å². The molecule has 3 atom stereocenters. The van der Waals surface area contributed by atoms with Gasteiger partial charge in [-0.3, -0.25) is 14.4 Å². The highest BCUT2D eigenvalue weighted by Crippen LogP contribution is 2.18. The van der Waals surface area contributed by atoms with Crippen LogP contribution in [0.5, 0.6) is 0 Å². The molecule has 0 fully saturated rings. The second-order valence-electron chi connectivity index (χ2n) is 6.74.